The van der Waals surface area contributed by atoms with Gasteiger partial charge >= 0.3 is 0 Å². The van der Waals surface area contributed by atoms with Crippen LogP contribution in [0.5, 0.6) is 5.75 Å². The first-order valence-electron chi connectivity index (χ1n) is 9.14. The highest BCUT2D eigenvalue weighted by atomic mass is 16.5. The predicted octanol–water partition coefficient (Wildman–Crippen LogP) is 4.06. The number of methoxy groups -OCH3 is 1. The average molecular weight is 346 g/mol. The lowest BCUT2D eigenvalue weighted by atomic mass is 9.63. The second-order valence-electron chi connectivity index (χ2n) is 7.17. The number of nitrogens with zero attached hydrogens (tertiary/aromatic N) is 2. The largest absolute Gasteiger partial charge is 0.497 e. The van der Waals surface area contributed by atoms with Gasteiger partial charge in [0.25, 0.3) is 5.91 Å². The van der Waals surface area contributed by atoms with Crippen molar-refractivity contribution in [1.29, 1.82) is 5.26 Å². The number of fused-ring (bicyclic) bond motifs is 3. The third-order valence-electron chi connectivity index (χ3n) is 5.85. The van der Waals surface area contributed by atoms with E-state index in [0.717, 1.165) is 42.6 Å². The van der Waals surface area contributed by atoms with Gasteiger partial charge in [0.05, 0.1) is 19.2 Å². The van der Waals surface area contributed by atoms with Crippen LogP contribution in [0.25, 0.3) is 0 Å². The lowest BCUT2D eigenvalue weighted by Crippen LogP contribution is -2.57. The van der Waals surface area contributed by atoms with Gasteiger partial charge in [-0.1, -0.05) is 43.2 Å². The molecule has 1 aliphatic heterocycles. The van der Waals surface area contributed by atoms with Gasteiger partial charge in [0.15, 0.2) is 0 Å². The highest BCUT2D eigenvalue weighted by molar-refractivity contribution is 5.98. The molecule has 0 unspecified atom stereocenters. The van der Waals surface area contributed by atoms with E-state index in [2.05, 4.69) is 6.07 Å². The summed E-state index contributed by atoms with van der Waals surface area (Å²) in [5, 5.41) is 10.2. The number of benzene rings is 2. The van der Waals surface area contributed by atoms with Crippen molar-refractivity contribution in [2.24, 2.45) is 0 Å². The number of ether oxygens (including phenoxy) is 1. The first-order valence-corrected chi connectivity index (χ1v) is 9.14. The van der Waals surface area contributed by atoms with Gasteiger partial charge in [-0.05, 0) is 42.2 Å². The molecule has 1 aliphatic carbocycles. The van der Waals surface area contributed by atoms with E-state index in [4.69, 9.17) is 4.74 Å². The van der Waals surface area contributed by atoms with Crippen molar-refractivity contribution in [3.8, 4) is 11.8 Å². The zero-order valence-corrected chi connectivity index (χ0v) is 14.9. The summed E-state index contributed by atoms with van der Waals surface area (Å²) < 4.78 is 5.22. The fourth-order valence-corrected chi connectivity index (χ4v) is 4.55. The average Bonchev–Trinajstić information content (AvgIpc) is 2.71. The van der Waals surface area contributed by atoms with E-state index >= 15 is 0 Å². The molecule has 2 atom stereocenters. The van der Waals surface area contributed by atoms with Crippen molar-refractivity contribution in [3.05, 3.63) is 65.2 Å². The minimum Gasteiger partial charge on any atom is -0.497 e. The number of rotatable bonds is 3. The number of hydrogen-bond donors (Lipinski definition) is 0. The van der Waals surface area contributed by atoms with Crippen LogP contribution in [0, 0.1) is 11.3 Å². The first-order chi connectivity index (χ1) is 12.7. The maximum atomic E-state index is 13.2. The molecule has 1 heterocycles. The quantitative estimate of drug-likeness (QED) is 0.842. The minimum atomic E-state index is -0.588. The monoisotopic (exact) mass is 346 g/mol. The molecule has 1 fully saturated rings. The fraction of sp³-hybridized carbons (Fsp3) is 0.364. The topological polar surface area (TPSA) is 53.3 Å². The van der Waals surface area contributed by atoms with Gasteiger partial charge < -0.3 is 9.64 Å². The van der Waals surface area contributed by atoms with Gasteiger partial charge in [0.2, 0.25) is 0 Å². The molecule has 2 aromatic rings. The maximum absolute atomic E-state index is 13.2. The van der Waals surface area contributed by atoms with Crippen LogP contribution >= 0.6 is 0 Å². The number of nitriles is 1. The third-order valence-corrected chi connectivity index (χ3v) is 5.85. The van der Waals surface area contributed by atoms with E-state index in [-0.39, 0.29) is 11.9 Å². The normalized spacial score (nSPS) is 24.4. The molecule has 0 N–H and O–H groups in total. The standard InChI is InChI=1S/C22H22N2O2/c1-26-17-11-9-16(10-12-17)14-24-20-8-4-5-13-22(20,15-23)19-7-3-2-6-18(19)21(24)25/h2-3,6-7,9-12,20H,4-5,8,13-14H2,1H3/t20-,22-/m1/s1. The lowest BCUT2D eigenvalue weighted by Gasteiger charge is -2.49. The van der Waals surface area contributed by atoms with E-state index in [9.17, 15) is 10.1 Å². The molecule has 2 aromatic carbocycles. The van der Waals surface area contributed by atoms with Crippen LogP contribution in [0.2, 0.25) is 0 Å². The molecule has 0 bridgehead atoms. The Morgan fingerprint density at radius 2 is 1.96 bits per heavy atom. The molecule has 0 radical (unpaired) electrons. The van der Waals surface area contributed by atoms with Gasteiger partial charge in [0.1, 0.15) is 11.2 Å². The molecule has 26 heavy (non-hydrogen) atoms. The van der Waals surface area contributed by atoms with E-state index in [0.29, 0.717) is 12.1 Å². The molecule has 132 valence electrons. The van der Waals surface area contributed by atoms with Crippen LogP contribution < -0.4 is 4.74 Å². The highest BCUT2D eigenvalue weighted by Gasteiger charge is 2.52. The number of hydrogen-bond acceptors (Lipinski definition) is 3. The Balaban J connectivity index is 1.77. The molecule has 4 nitrogen and oxygen atoms in total. The van der Waals surface area contributed by atoms with Crippen molar-refractivity contribution in [2.75, 3.05) is 7.11 Å². The van der Waals surface area contributed by atoms with Crippen molar-refractivity contribution in [3.63, 3.8) is 0 Å². The van der Waals surface area contributed by atoms with Crippen LogP contribution in [0.1, 0.15) is 47.2 Å². The summed E-state index contributed by atoms with van der Waals surface area (Å²) in [5.74, 6) is 0.835. The molecule has 4 heteroatoms. The molecular formula is C22H22N2O2. The van der Waals surface area contributed by atoms with Gasteiger partial charge in [-0.25, -0.2) is 0 Å². The second kappa shape index (κ2) is 6.49. The van der Waals surface area contributed by atoms with Crippen molar-refractivity contribution < 1.29 is 9.53 Å². The Hall–Kier alpha value is -2.80. The van der Waals surface area contributed by atoms with E-state index in [1.54, 1.807) is 7.11 Å². The number of carbonyl (C=O) groups is 1. The molecule has 2 aliphatic rings. The van der Waals surface area contributed by atoms with E-state index < -0.39 is 5.41 Å². The van der Waals surface area contributed by atoms with Gasteiger partial charge in [-0.15, -0.1) is 0 Å². The van der Waals surface area contributed by atoms with Gasteiger partial charge in [-0.2, -0.15) is 5.26 Å². The van der Waals surface area contributed by atoms with Crippen molar-refractivity contribution >= 4 is 5.91 Å². The zero-order chi connectivity index (χ0) is 18.1. The van der Waals surface area contributed by atoms with Crippen LogP contribution in [0.15, 0.2) is 48.5 Å². The summed E-state index contributed by atoms with van der Waals surface area (Å²) in [6, 6.07) is 18.0. The minimum absolute atomic E-state index is 0.0363. The molecule has 0 aromatic heterocycles. The Labute approximate surface area is 154 Å². The summed E-state index contributed by atoms with van der Waals surface area (Å²) in [6.07, 6.45) is 3.78. The lowest BCUT2D eigenvalue weighted by molar-refractivity contribution is 0.0450. The van der Waals surface area contributed by atoms with Crippen LogP contribution in [-0.4, -0.2) is 24.0 Å². The Morgan fingerprint density at radius 1 is 1.19 bits per heavy atom. The molecule has 4 rings (SSSR count). The summed E-state index contributed by atoms with van der Waals surface area (Å²) in [6.45, 7) is 0.519. The molecule has 0 saturated heterocycles. The number of amides is 1. The Morgan fingerprint density at radius 3 is 2.69 bits per heavy atom. The molecule has 1 saturated carbocycles. The van der Waals surface area contributed by atoms with Crippen LogP contribution in [0.3, 0.4) is 0 Å². The summed E-state index contributed by atoms with van der Waals surface area (Å²) in [4.78, 5) is 15.2. The van der Waals surface area contributed by atoms with E-state index in [1.807, 2.05) is 53.4 Å². The summed E-state index contributed by atoms with van der Waals surface area (Å²) in [5.41, 5.74) is 2.06. The Kier molecular flexibility index (Phi) is 4.16. The fourth-order valence-electron chi connectivity index (χ4n) is 4.55. The molecule has 0 spiro atoms. The SMILES string of the molecule is COc1ccc(CN2C(=O)c3ccccc3[C@]3(C#N)CCCC[C@@H]23)cc1. The molecule has 1 amide bonds. The summed E-state index contributed by atoms with van der Waals surface area (Å²) in [7, 11) is 1.64. The number of carbonyl (C=O) groups excluding carboxylic acids is 1. The first kappa shape index (κ1) is 16.7. The van der Waals surface area contributed by atoms with Crippen LogP contribution in [0.4, 0.5) is 0 Å². The van der Waals surface area contributed by atoms with Gasteiger partial charge in [-0.3, -0.25) is 4.79 Å². The zero-order valence-electron chi connectivity index (χ0n) is 14.9. The smallest absolute Gasteiger partial charge is 0.254 e. The second-order valence-corrected chi connectivity index (χ2v) is 7.17. The van der Waals surface area contributed by atoms with Gasteiger partial charge in [0, 0.05) is 12.1 Å². The van der Waals surface area contributed by atoms with Crippen molar-refractivity contribution in [1.82, 2.24) is 4.90 Å². The maximum Gasteiger partial charge on any atom is 0.254 e. The predicted molar refractivity (Wildman–Crippen MR) is 98.9 cm³/mol. The molecular weight excluding hydrogens is 324 g/mol. The van der Waals surface area contributed by atoms with Crippen molar-refractivity contribution in [2.45, 2.75) is 43.7 Å². The van der Waals surface area contributed by atoms with E-state index in [1.165, 1.54) is 0 Å². The summed E-state index contributed by atoms with van der Waals surface area (Å²) >= 11 is 0. The highest BCUT2D eigenvalue weighted by Crippen LogP contribution is 2.47. The third kappa shape index (κ3) is 2.47. The van der Waals surface area contributed by atoms with Crippen LogP contribution in [-0.2, 0) is 12.0 Å². The Bertz CT molecular complexity index is 868.